The fourth-order valence-electron chi connectivity index (χ4n) is 6.64. The smallest absolute Gasteiger partial charge is 0.326 e. The Bertz CT molecular complexity index is 2130. The highest BCUT2D eigenvalue weighted by atomic mass is 32.2. The van der Waals surface area contributed by atoms with Crippen molar-refractivity contribution in [3.05, 3.63) is 128 Å². The molecular weight excluding hydrogens is 683 g/mol. The number of aromatic nitrogens is 1. The lowest BCUT2D eigenvalue weighted by Gasteiger charge is -2.35. The molecule has 0 fully saturated rings. The van der Waals surface area contributed by atoms with Crippen LogP contribution < -0.4 is 26.1 Å². The summed E-state index contributed by atoms with van der Waals surface area (Å²) >= 11 is 0. The number of carboxylic acids is 1. The number of nitrogens with two attached hydrogens (primary N) is 1. The number of aliphatic imine (C=N–C) groups is 1. The minimum absolute atomic E-state index is 0.0201. The summed E-state index contributed by atoms with van der Waals surface area (Å²) in [5.74, 6) is -2.07. The van der Waals surface area contributed by atoms with Gasteiger partial charge in [-0.15, -0.1) is 0 Å². The standard InChI is InChI=1S/C39H45N5O7S/c1-23-24(2)34(25(3)28-20-21-39(4,5)51-33(23)28)52(49,50)44-38(40)41-22-12-17-31(37(47)48)43-36(46)29-18-19-30(42-35(29)45)32(26-13-8-6-9-14-26)27-15-10-7-11-16-27/h6-11,13-16,18-19,31-32H,12,17,20-22H2,1-5H3,(H,42,45)(H,43,46)(H,47,48)(H3,40,41,44)/t31-/m1/s1. The molecule has 13 heteroatoms. The predicted molar refractivity (Wildman–Crippen MR) is 200 cm³/mol. The summed E-state index contributed by atoms with van der Waals surface area (Å²) in [5.41, 5.74) is 9.94. The molecule has 0 saturated heterocycles. The van der Waals surface area contributed by atoms with Gasteiger partial charge in [0.2, 0.25) is 5.96 Å². The van der Waals surface area contributed by atoms with Gasteiger partial charge in [-0.25, -0.2) is 17.9 Å². The number of sulfonamides is 1. The molecule has 1 amide bonds. The summed E-state index contributed by atoms with van der Waals surface area (Å²) < 4.78 is 35.6. The lowest BCUT2D eigenvalue weighted by atomic mass is 9.88. The number of benzene rings is 3. The normalized spacial score (nSPS) is 14.6. The van der Waals surface area contributed by atoms with Gasteiger partial charge in [0.1, 0.15) is 23.0 Å². The van der Waals surface area contributed by atoms with E-state index in [1.54, 1.807) is 19.9 Å². The van der Waals surface area contributed by atoms with Crippen molar-refractivity contribution in [1.29, 1.82) is 0 Å². The molecule has 1 atom stereocenters. The predicted octanol–water partition coefficient (Wildman–Crippen LogP) is 4.84. The maximum atomic E-state index is 13.5. The second-order valence-electron chi connectivity index (χ2n) is 13.7. The Kier molecular flexibility index (Phi) is 11.2. The van der Waals surface area contributed by atoms with Gasteiger partial charge in [-0.3, -0.25) is 14.6 Å². The van der Waals surface area contributed by atoms with Crippen LogP contribution in [0.2, 0.25) is 0 Å². The number of nitrogens with one attached hydrogen (secondary N) is 3. The largest absolute Gasteiger partial charge is 0.487 e. The van der Waals surface area contributed by atoms with Crippen molar-refractivity contribution in [2.24, 2.45) is 10.7 Å². The Morgan fingerprint density at radius 3 is 2.15 bits per heavy atom. The number of carboxylic acid groups (broad SMARTS) is 1. The summed E-state index contributed by atoms with van der Waals surface area (Å²) in [7, 11) is -4.11. The number of aliphatic carboxylic acids is 1. The van der Waals surface area contributed by atoms with Crippen LogP contribution in [0.4, 0.5) is 0 Å². The van der Waals surface area contributed by atoms with Crippen molar-refractivity contribution in [1.82, 2.24) is 15.0 Å². The summed E-state index contributed by atoms with van der Waals surface area (Å²) in [5, 5.41) is 12.2. The zero-order valence-corrected chi connectivity index (χ0v) is 30.8. The number of guanidine groups is 1. The summed E-state index contributed by atoms with van der Waals surface area (Å²) in [6, 6.07) is 20.9. The first kappa shape index (κ1) is 37.8. The molecule has 2 heterocycles. The second-order valence-corrected chi connectivity index (χ2v) is 15.3. The molecule has 0 aliphatic carbocycles. The third-order valence-corrected chi connectivity index (χ3v) is 11.1. The number of carbonyl (C=O) groups excluding carboxylic acids is 1. The second kappa shape index (κ2) is 15.4. The molecule has 6 N–H and O–H groups in total. The lowest BCUT2D eigenvalue weighted by molar-refractivity contribution is -0.139. The Labute approximate surface area is 303 Å². The number of H-pyrrole nitrogens is 1. The Morgan fingerprint density at radius 2 is 1.58 bits per heavy atom. The molecule has 3 aromatic carbocycles. The molecule has 0 radical (unpaired) electrons. The molecule has 0 unspecified atom stereocenters. The number of hydrogen-bond acceptors (Lipinski definition) is 7. The van der Waals surface area contributed by atoms with Crippen molar-refractivity contribution in [3.63, 3.8) is 0 Å². The third-order valence-electron chi connectivity index (χ3n) is 9.46. The van der Waals surface area contributed by atoms with E-state index in [1.807, 2.05) is 81.4 Å². The summed E-state index contributed by atoms with van der Waals surface area (Å²) in [6.07, 6.45) is 1.51. The van der Waals surface area contributed by atoms with Gasteiger partial charge in [-0.1, -0.05) is 60.7 Å². The van der Waals surface area contributed by atoms with Gasteiger partial charge in [0.05, 0.1) is 4.90 Å². The van der Waals surface area contributed by atoms with Gasteiger partial charge in [0, 0.05) is 18.2 Å². The van der Waals surface area contributed by atoms with Crippen LogP contribution in [0.15, 0.2) is 87.5 Å². The first-order chi connectivity index (χ1) is 24.6. The number of aromatic amines is 1. The maximum Gasteiger partial charge on any atom is 0.326 e. The van der Waals surface area contributed by atoms with E-state index in [-0.39, 0.29) is 47.3 Å². The highest BCUT2D eigenvalue weighted by Crippen LogP contribution is 2.42. The van der Waals surface area contributed by atoms with E-state index in [1.165, 1.54) is 6.07 Å². The van der Waals surface area contributed by atoms with E-state index >= 15 is 0 Å². The molecule has 1 aliphatic rings. The molecule has 274 valence electrons. The molecule has 4 aromatic rings. The Hall–Kier alpha value is -5.43. The first-order valence-corrected chi connectivity index (χ1v) is 18.6. The van der Waals surface area contributed by atoms with E-state index in [0.29, 0.717) is 29.0 Å². The number of amides is 1. The van der Waals surface area contributed by atoms with Crippen molar-refractivity contribution in [3.8, 4) is 5.75 Å². The van der Waals surface area contributed by atoms with Crippen LogP contribution in [-0.2, 0) is 21.2 Å². The van der Waals surface area contributed by atoms with Crippen LogP contribution in [0, 0.1) is 20.8 Å². The fourth-order valence-corrected chi connectivity index (χ4v) is 8.16. The summed E-state index contributed by atoms with van der Waals surface area (Å²) in [6.45, 7) is 9.30. The molecular formula is C39H45N5O7S. The van der Waals surface area contributed by atoms with Gasteiger partial charge >= 0.3 is 5.97 Å². The van der Waals surface area contributed by atoms with Gasteiger partial charge in [0.25, 0.3) is 21.5 Å². The third kappa shape index (κ3) is 8.37. The van der Waals surface area contributed by atoms with Crippen LogP contribution >= 0.6 is 0 Å². The minimum atomic E-state index is -4.11. The quantitative estimate of drug-likeness (QED) is 0.0777. The van der Waals surface area contributed by atoms with E-state index in [0.717, 1.165) is 28.7 Å². The van der Waals surface area contributed by atoms with Gasteiger partial charge in [-0.05, 0) is 106 Å². The number of nitrogens with zero attached hydrogens (tertiary/aromatic N) is 1. The van der Waals surface area contributed by atoms with Crippen molar-refractivity contribution in [2.75, 3.05) is 6.54 Å². The SMILES string of the molecule is Cc1c(C)c(S(=O)(=O)NC(N)=NCCC[C@@H](NC(=O)c2ccc(C(c3ccccc3)c3ccccc3)[nH]c2=O)C(=O)O)c(C)c2c1OC(C)(C)CC2. The topological polar surface area (TPSA) is 193 Å². The highest BCUT2D eigenvalue weighted by molar-refractivity contribution is 7.90. The zero-order valence-electron chi connectivity index (χ0n) is 29.9. The number of hydrogen-bond donors (Lipinski definition) is 5. The number of rotatable bonds is 12. The van der Waals surface area contributed by atoms with Gasteiger partial charge in [-0.2, -0.15) is 0 Å². The van der Waals surface area contributed by atoms with Crippen LogP contribution in [0.25, 0.3) is 0 Å². The lowest BCUT2D eigenvalue weighted by Crippen LogP contribution is -2.42. The van der Waals surface area contributed by atoms with Crippen LogP contribution in [0.5, 0.6) is 5.75 Å². The first-order valence-electron chi connectivity index (χ1n) is 17.1. The molecule has 12 nitrogen and oxygen atoms in total. The molecule has 1 aromatic heterocycles. The fraction of sp³-hybridized carbons (Fsp3) is 0.333. The maximum absolute atomic E-state index is 13.5. The monoisotopic (exact) mass is 727 g/mol. The molecule has 1 aliphatic heterocycles. The molecule has 0 saturated carbocycles. The number of ether oxygens (including phenoxy) is 1. The van der Waals surface area contributed by atoms with Gasteiger partial charge in [0.15, 0.2) is 0 Å². The van der Waals surface area contributed by atoms with E-state index in [2.05, 4.69) is 20.0 Å². The van der Waals surface area contributed by atoms with Crippen LogP contribution in [0.3, 0.4) is 0 Å². The average Bonchev–Trinajstić information content (AvgIpc) is 3.09. The van der Waals surface area contributed by atoms with Crippen molar-refractivity contribution >= 4 is 27.9 Å². The molecule has 5 rings (SSSR count). The molecule has 0 bridgehead atoms. The average molecular weight is 728 g/mol. The van der Waals surface area contributed by atoms with Crippen molar-refractivity contribution < 1.29 is 27.9 Å². The van der Waals surface area contributed by atoms with Gasteiger partial charge < -0.3 is 25.9 Å². The highest BCUT2D eigenvalue weighted by Gasteiger charge is 2.34. The Balaban J connectivity index is 1.23. The minimum Gasteiger partial charge on any atom is -0.487 e. The van der Waals surface area contributed by atoms with Crippen molar-refractivity contribution in [2.45, 2.75) is 82.8 Å². The molecule has 52 heavy (non-hydrogen) atoms. The number of pyridine rings is 1. The van der Waals surface area contributed by atoms with E-state index in [9.17, 15) is 27.9 Å². The van der Waals surface area contributed by atoms with Crippen LogP contribution in [0.1, 0.15) is 88.5 Å². The molecule has 0 spiro atoms. The van der Waals surface area contributed by atoms with E-state index < -0.39 is 33.5 Å². The zero-order chi connectivity index (χ0) is 37.8. The van der Waals surface area contributed by atoms with E-state index in [4.69, 9.17) is 10.5 Å². The number of carbonyl (C=O) groups is 2. The Morgan fingerprint density at radius 1 is 0.962 bits per heavy atom. The number of fused-ring (bicyclic) bond motifs is 1. The van der Waals surface area contributed by atoms with Crippen LogP contribution in [-0.4, -0.2) is 54.5 Å². The summed E-state index contributed by atoms with van der Waals surface area (Å²) in [4.78, 5) is 45.4.